The van der Waals surface area contributed by atoms with Gasteiger partial charge < -0.3 is 22.2 Å². The van der Waals surface area contributed by atoms with E-state index >= 15 is 0 Å². The van der Waals surface area contributed by atoms with Crippen molar-refractivity contribution in [1.29, 1.82) is 0 Å². The fourth-order valence-electron chi connectivity index (χ4n) is 2.10. The normalized spacial score (nSPS) is 16.8. The van der Waals surface area contributed by atoms with E-state index in [-0.39, 0.29) is 0 Å². The number of hydrogen-bond donors (Lipinski definition) is 1. The smallest absolute Gasteiger partial charge is 0.418 e. The zero-order valence-electron chi connectivity index (χ0n) is 10.7. The number of quaternary nitrogens is 1. The van der Waals surface area contributed by atoms with Gasteiger partial charge in [-0.2, -0.15) is 0 Å². The van der Waals surface area contributed by atoms with Gasteiger partial charge in [-0.25, -0.2) is 0 Å². The number of hydrogen-bond acceptors (Lipinski definition) is 0. The van der Waals surface area contributed by atoms with Crippen molar-refractivity contribution < 1.29 is 22.2 Å². The van der Waals surface area contributed by atoms with Gasteiger partial charge in [0.2, 0.25) is 0 Å². The highest BCUT2D eigenvalue weighted by atomic mass is 19.5. The third-order valence-corrected chi connectivity index (χ3v) is 2.94. The van der Waals surface area contributed by atoms with Crippen molar-refractivity contribution >= 4 is 7.25 Å². The van der Waals surface area contributed by atoms with Crippen LogP contribution in [0.5, 0.6) is 0 Å². The summed E-state index contributed by atoms with van der Waals surface area (Å²) in [6.07, 6.45) is 10.2. The number of unbranched alkanes of at least 4 members (excludes halogenated alkanes) is 4. The first kappa shape index (κ1) is 16.7. The van der Waals surface area contributed by atoms with Gasteiger partial charge in [-0.3, -0.25) is 0 Å². The SMILES string of the molecule is CCCCCCC[NH+]1CCCC1.F[B-](F)(F)F. The van der Waals surface area contributed by atoms with E-state index < -0.39 is 7.25 Å². The lowest BCUT2D eigenvalue weighted by Gasteiger charge is -2.10. The monoisotopic (exact) mass is 257 g/mol. The van der Waals surface area contributed by atoms with Gasteiger partial charge in [0.1, 0.15) is 0 Å². The second-order valence-corrected chi connectivity index (χ2v) is 4.62. The molecule has 0 aromatic rings. The third-order valence-electron chi connectivity index (χ3n) is 2.94. The van der Waals surface area contributed by atoms with Gasteiger partial charge in [-0.05, 0) is 12.8 Å². The number of rotatable bonds is 6. The first-order valence-corrected chi connectivity index (χ1v) is 6.64. The Balaban J connectivity index is 0.000000437. The molecule has 0 atom stereocenters. The second kappa shape index (κ2) is 9.74. The molecule has 1 N–H and O–H groups in total. The Morgan fingerprint density at radius 3 is 1.82 bits per heavy atom. The zero-order chi connectivity index (χ0) is 13.1. The quantitative estimate of drug-likeness (QED) is 0.424. The van der Waals surface area contributed by atoms with E-state index in [4.69, 9.17) is 0 Å². The largest absolute Gasteiger partial charge is 0.673 e. The molecule has 0 unspecified atom stereocenters. The van der Waals surface area contributed by atoms with Gasteiger partial charge in [0.05, 0.1) is 19.6 Å². The first-order valence-electron chi connectivity index (χ1n) is 6.64. The molecule has 1 aliphatic rings. The van der Waals surface area contributed by atoms with Crippen molar-refractivity contribution in [1.82, 2.24) is 0 Å². The van der Waals surface area contributed by atoms with Crippen molar-refractivity contribution in [2.75, 3.05) is 19.6 Å². The van der Waals surface area contributed by atoms with Crippen molar-refractivity contribution in [3.8, 4) is 0 Å². The van der Waals surface area contributed by atoms with E-state index in [1.54, 1.807) is 0 Å². The number of nitrogens with one attached hydrogen (secondary N) is 1. The molecule has 0 aromatic heterocycles. The molecule has 1 heterocycles. The Morgan fingerprint density at radius 2 is 1.35 bits per heavy atom. The van der Waals surface area contributed by atoms with Crippen LogP contribution >= 0.6 is 0 Å². The van der Waals surface area contributed by atoms with Crippen molar-refractivity contribution in [2.45, 2.75) is 51.9 Å². The van der Waals surface area contributed by atoms with Gasteiger partial charge in [0, 0.05) is 12.8 Å². The van der Waals surface area contributed by atoms with Crippen LogP contribution in [0.15, 0.2) is 0 Å². The summed E-state index contributed by atoms with van der Waals surface area (Å²) >= 11 is 0. The lowest BCUT2D eigenvalue weighted by molar-refractivity contribution is -0.887. The topological polar surface area (TPSA) is 4.44 Å². The molecule has 0 saturated carbocycles. The summed E-state index contributed by atoms with van der Waals surface area (Å²) in [5.74, 6) is 0. The summed E-state index contributed by atoms with van der Waals surface area (Å²) in [5, 5.41) is 0. The molecule has 0 spiro atoms. The number of likely N-dealkylation sites (tertiary alicyclic amines) is 1. The third kappa shape index (κ3) is 15.7. The molecule has 1 nitrogen and oxygen atoms in total. The maximum Gasteiger partial charge on any atom is 0.673 e. The molecule has 1 aliphatic heterocycles. The Labute approximate surface area is 102 Å². The Morgan fingerprint density at radius 1 is 0.882 bits per heavy atom. The van der Waals surface area contributed by atoms with Crippen LogP contribution in [0.3, 0.4) is 0 Å². The van der Waals surface area contributed by atoms with Crippen LogP contribution in [0.4, 0.5) is 17.3 Å². The van der Waals surface area contributed by atoms with E-state index in [9.17, 15) is 17.3 Å². The van der Waals surface area contributed by atoms with Gasteiger partial charge in [0.25, 0.3) is 0 Å². The van der Waals surface area contributed by atoms with E-state index in [1.807, 2.05) is 4.90 Å². The number of halogens is 4. The maximum atomic E-state index is 9.75. The van der Waals surface area contributed by atoms with E-state index in [1.165, 1.54) is 64.6 Å². The summed E-state index contributed by atoms with van der Waals surface area (Å²) in [5.41, 5.74) is 0. The van der Waals surface area contributed by atoms with Gasteiger partial charge in [-0.1, -0.05) is 26.2 Å². The predicted octanol–water partition coefficient (Wildman–Crippen LogP) is 2.94. The summed E-state index contributed by atoms with van der Waals surface area (Å²) in [6.45, 7) is 6.64. The highest BCUT2D eigenvalue weighted by Crippen LogP contribution is 2.06. The van der Waals surface area contributed by atoms with Crippen LogP contribution < -0.4 is 4.90 Å². The molecular weight excluding hydrogens is 233 g/mol. The molecule has 1 rings (SSSR count). The predicted molar refractivity (Wildman–Crippen MR) is 63.7 cm³/mol. The highest BCUT2D eigenvalue weighted by Gasteiger charge is 2.20. The van der Waals surface area contributed by atoms with Crippen LogP contribution in [-0.2, 0) is 0 Å². The molecule has 1 saturated heterocycles. The van der Waals surface area contributed by atoms with Gasteiger partial charge >= 0.3 is 7.25 Å². The zero-order valence-corrected chi connectivity index (χ0v) is 10.7. The summed E-state index contributed by atoms with van der Waals surface area (Å²) < 4.78 is 39.0. The fourth-order valence-corrected chi connectivity index (χ4v) is 2.10. The van der Waals surface area contributed by atoms with Crippen LogP contribution in [0.25, 0.3) is 0 Å². The van der Waals surface area contributed by atoms with Crippen molar-refractivity contribution in [3.63, 3.8) is 0 Å². The first-order chi connectivity index (χ1) is 7.93. The molecule has 0 radical (unpaired) electrons. The van der Waals surface area contributed by atoms with Crippen LogP contribution in [0.1, 0.15) is 51.9 Å². The molecule has 104 valence electrons. The van der Waals surface area contributed by atoms with Gasteiger partial charge in [-0.15, -0.1) is 0 Å². The highest BCUT2D eigenvalue weighted by molar-refractivity contribution is 6.50. The average molecular weight is 257 g/mol. The van der Waals surface area contributed by atoms with Gasteiger partial charge in [0.15, 0.2) is 0 Å². The maximum absolute atomic E-state index is 9.75. The lowest BCUT2D eigenvalue weighted by Crippen LogP contribution is -3.09. The molecule has 17 heavy (non-hydrogen) atoms. The molecule has 0 amide bonds. The summed E-state index contributed by atoms with van der Waals surface area (Å²) in [4.78, 5) is 1.87. The lowest BCUT2D eigenvalue weighted by atomic mass is 10.1. The Hall–Kier alpha value is -0.255. The van der Waals surface area contributed by atoms with Crippen molar-refractivity contribution in [3.05, 3.63) is 0 Å². The Kier molecular flexibility index (Phi) is 9.60. The second-order valence-electron chi connectivity index (χ2n) is 4.62. The van der Waals surface area contributed by atoms with Crippen molar-refractivity contribution in [2.24, 2.45) is 0 Å². The fraction of sp³-hybridized carbons (Fsp3) is 1.00. The minimum atomic E-state index is -6.00. The molecule has 0 aromatic carbocycles. The van der Waals surface area contributed by atoms with Crippen LogP contribution in [-0.4, -0.2) is 26.9 Å². The molecule has 0 bridgehead atoms. The van der Waals surface area contributed by atoms with E-state index in [0.29, 0.717) is 0 Å². The molecule has 0 aliphatic carbocycles. The van der Waals surface area contributed by atoms with Crippen LogP contribution in [0, 0.1) is 0 Å². The minimum absolute atomic E-state index is 1.37. The standard InChI is InChI=1S/C11H23N.BF4/c1-2-3-4-5-6-9-12-10-7-8-11-12;2-1(3,4)5/h2-11H2,1H3;/q;-1/p+1. The van der Waals surface area contributed by atoms with E-state index in [2.05, 4.69) is 6.92 Å². The summed E-state index contributed by atoms with van der Waals surface area (Å²) in [7, 11) is -6.00. The van der Waals surface area contributed by atoms with Crippen LogP contribution in [0.2, 0.25) is 0 Å². The molecular formula is C11H24BF4N. The molecule has 6 heteroatoms. The Bertz CT molecular complexity index is 163. The average Bonchev–Trinajstić information content (AvgIpc) is 2.67. The minimum Gasteiger partial charge on any atom is -0.418 e. The summed E-state index contributed by atoms with van der Waals surface area (Å²) in [6, 6.07) is 0. The molecule has 1 fully saturated rings. The van der Waals surface area contributed by atoms with E-state index in [0.717, 1.165) is 0 Å².